The van der Waals surface area contributed by atoms with Crippen molar-refractivity contribution >= 4 is 11.6 Å². The molecule has 7 nitrogen and oxygen atoms in total. The van der Waals surface area contributed by atoms with E-state index < -0.39 is 0 Å². The molecule has 2 aromatic heterocycles. The van der Waals surface area contributed by atoms with E-state index in [1.54, 1.807) is 12.4 Å². The molecule has 0 saturated carbocycles. The van der Waals surface area contributed by atoms with Gasteiger partial charge in [-0.25, -0.2) is 4.98 Å². The summed E-state index contributed by atoms with van der Waals surface area (Å²) in [4.78, 5) is 16.9. The number of rotatable bonds is 4. The van der Waals surface area contributed by atoms with Gasteiger partial charge in [0, 0.05) is 19.0 Å². The molecule has 2 atom stereocenters. The zero-order valence-electron chi connectivity index (χ0n) is 13.2. The zero-order valence-corrected chi connectivity index (χ0v) is 13.2. The van der Waals surface area contributed by atoms with Crippen LogP contribution in [0.3, 0.4) is 0 Å². The number of carbonyl (C=O) groups is 1. The Bertz CT molecular complexity index is 672. The fourth-order valence-electron chi connectivity index (χ4n) is 2.82. The molecule has 0 aromatic carbocycles. The molecule has 0 unspecified atom stereocenters. The average Bonchev–Trinajstić information content (AvgIpc) is 3.09. The number of amides is 1. The van der Waals surface area contributed by atoms with Crippen molar-refractivity contribution in [2.75, 3.05) is 19.0 Å². The maximum Gasteiger partial charge on any atom is 0.237 e. The lowest BCUT2D eigenvalue weighted by Crippen LogP contribution is -2.33. The summed E-state index contributed by atoms with van der Waals surface area (Å²) < 4.78 is 11.0. The van der Waals surface area contributed by atoms with Gasteiger partial charge in [0.2, 0.25) is 11.8 Å². The molecule has 1 amide bonds. The molecule has 3 heterocycles. The van der Waals surface area contributed by atoms with Crippen molar-refractivity contribution in [1.29, 1.82) is 0 Å². The van der Waals surface area contributed by atoms with Gasteiger partial charge in [-0.05, 0) is 37.5 Å². The normalized spacial score (nSPS) is 21.0. The van der Waals surface area contributed by atoms with Crippen LogP contribution in [0.15, 0.2) is 24.5 Å². The smallest absolute Gasteiger partial charge is 0.237 e. The number of aryl methyl sites for hydroxylation is 1. The molecule has 1 aliphatic heterocycles. The second kappa shape index (κ2) is 6.78. The van der Waals surface area contributed by atoms with Crippen LogP contribution in [0.25, 0.3) is 0 Å². The van der Waals surface area contributed by atoms with Gasteiger partial charge in [-0.3, -0.25) is 9.89 Å². The monoisotopic (exact) mass is 316 g/mol. The Balaban J connectivity index is 1.80. The van der Waals surface area contributed by atoms with E-state index in [0.717, 1.165) is 24.1 Å². The van der Waals surface area contributed by atoms with Crippen LogP contribution in [0.5, 0.6) is 5.88 Å². The van der Waals surface area contributed by atoms with Gasteiger partial charge in [-0.2, -0.15) is 5.10 Å². The molecule has 3 rings (SSSR count). The summed E-state index contributed by atoms with van der Waals surface area (Å²) in [5.41, 5.74) is 2.34. The quantitative estimate of drug-likeness (QED) is 0.903. The molecule has 2 N–H and O–H groups in total. The first kappa shape index (κ1) is 15.5. The number of methoxy groups -OCH3 is 1. The summed E-state index contributed by atoms with van der Waals surface area (Å²) in [6.07, 6.45) is 4.67. The number of pyridine rings is 1. The number of nitrogens with one attached hydrogen (secondary N) is 2. The van der Waals surface area contributed by atoms with Crippen molar-refractivity contribution in [2.24, 2.45) is 5.92 Å². The SMILES string of the molecule is COc1ncc(C)cc1NC(=O)[C@@H]1CCCO[C@H]1c1ccn[nH]1. The van der Waals surface area contributed by atoms with Crippen LogP contribution in [-0.4, -0.2) is 34.8 Å². The highest BCUT2D eigenvalue weighted by molar-refractivity contribution is 5.94. The Morgan fingerprint density at radius 1 is 1.52 bits per heavy atom. The van der Waals surface area contributed by atoms with Crippen LogP contribution < -0.4 is 10.1 Å². The molecule has 0 aliphatic carbocycles. The van der Waals surface area contributed by atoms with Gasteiger partial charge in [-0.15, -0.1) is 0 Å². The first-order chi connectivity index (χ1) is 11.2. The fourth-order valence-corrected chi connectivity index (χ4v) is 2.82. The van der Waals surface area contributed by atoms with E-state index in [0.29, 0.717) is 18.2 Å². The highest BCUT2D eigenvalue weighted by Crippen LogP contribution is 2.34. The standard InChI is InChI=1S/C16H20N4O3/c1-10-8-13(16(22-2)17-9-10)19-15(21)11-4-3-7-23-14(11)12-5-6-18-20-12/h5-6,8-9,11,14H,3-4,7H2,1-2H3,(H,18,20)(H,19,21)/t11-,14-/m1/s1. The lowest BCUT2D eigenvalue weighted by atomic mass is 9.91. The predicted molar refractivity (Wildman–Crippen MR) is 84.2 cm³/mol. The third-order valence-electron chi connectivity index (χ3n) is 3.93. The molecule has 1 saturated heterocycles. The molecular weight excluding hydrogens is 296 g/mol. The minimum absolute atomic E-state index is 0.102. The van der Waals surface area contributed by atoms with Crippen molar-refractivity contribution < 1.29 is 14.3 Å². The third-order valence-corrected chi connectivity index (χ3v) is 3.93. The van der Waals surface area contributed by atoms with E-state index in [1.807, 2.05) is 19.1 Å². The molecule has 0 bridgehead atoms. The van der Waals surface area contributed by atoms with Gasteiger partial charge in [0.25, 0.3) is 0 Å². The number of hydrogen-bond acceptors (Lipinski definition) is 5. The van der Waals surface area contributed by atoms with Crippen molar-refractivity contribution in [2.45, 2.75) is 25.9 Å². The number of anilines is 1. The molecule has 23 heavy (non-hydrogen) atoms. The summed E-state index contributed by atoms with van der Waals surface area (Å²) in [6, 6.07) is 3.68. The fraction of sp³-hybridized carbons (Fsp3) is 0.438. The summed E-state index contributed by atoms with van der Waals surface area (Å²) in [6.45, 7) is 2.56. The zero-order chi connectivity index (χ0) is 16.2. The summed E-state index contributed by atoms with van der Waals surface area (Å²) in [5.74, 6) is 0.0168. The third kappa shape index (κ3) is 3.34. The first-order valence-electron chi connectivity index (χ1n) is 7.61. The lowest BCUT2D eigenvalue weighted by molar-refractivity contribution is -0.129. The number of aromatic amines is 1. The second-order valence-corrected chi connectivity index (χ2v) is 5.61. The topological polar surface area (TPSA) is 89.1 Å². The number of carbonyl (C=O) groups excluding carboxylic acids is 1. The van der Waals surface area contributed by atoms with Crippen molar-refractivity contribution in [3.63, 3.8) is 0 Å². The van der Waals surface area contributed by atoms with Crippen LogP contribution in [0.4, 0.5) is 5.69 Å². The maximum absolute atomic E-state index is 12.7. The van der Waals surface area contributed by atoms with Crippen LogP contribution in [-0.2, 0) is 9.53 Å². The molecule has 1 fully saturated rings. The van der Waals surface area contributed by atoms with Crippen molar-refractivity contribution in [1.82, 2.24) is 15.2 Å². The van der Waals surface area contributed by atoms with E-state index in [9.17, 15) is 4.79 Å². The Labute approximate surface area is 134 Å². The van der Waals surface area contributed by atoms with Crippen LogP contribution >= 0.6 is 0 Å². The summed E-state index contributed by atoms with van der Waals surface area (Å²) in [7, 11) is 1.53. The number of H-pyrrole nitrogens is 1. The van der Waals surface area contributed by atoms with E-state index >= 15 is 0 Å². The van der Waals surface area contributed by atoms with Crippen molar-refractivity contribution in [3.8, 4) is 5.88 Å². The number of ether oxygens (including phenoxy) is 2. The second-order valence-electron chi connectivity index (χ2n) is 5.61. The minimum Gasteiger partial charge on any atom is -0.480 e. The largest absolute Gasteiger partial charge is 0.480 e. The predicted octanol–water partition coefficient (Wildman–Crippen LogP) is 2.23. The van der Waals surface area contributed by atoms with E-state index in [1.165, 1.54) is 7.11 Å². The molecule has 0 spiro atoms. The summed E-state index contributed by atoms with van der Waals surface area (Å²) in [5, 5.41) is 9.77. The van der Waals surface area contributed by atoms with Crippen LogP contribution in [0.1, 0.15) is 30.2 Å². The maximum atomic E-state index is 12.7. The lowest BCUT2D eigenvalue weighted by Gasteiger charge is -2.30. The average molecular weight is 316 g/mol. The first-order valence-corrected chi connectivity index (χ1v) is 7.61. The molecular formula is C16H20N4O3. The van der Waals surface area contributed by atoms with Crippen LogP contribution in [0, 0.1) is 12.8 Å². The van der Waals surface area contributed by atoms with E-state index in [4.69, 9.17) is 9.47 Å². The Morgan fingerprint density at radius 3 is 3.13 bits per heavy atom. The van der Waals surface area contributed by atoms with Gasteiger partial charge < -0.3 is 14.8 Å². The van der Waals surface area contributed by atoms with Gasteiger partial charge in [-0.1, -0.05) is 0 Å². The van der Waals surface area contributed by atoms with Gasteiger partial charge in [0.05, 0.1) is 18.7 Å². The van der Waals surface area contributed by atoms with Crippen LogP contribution in [0.2, 0.25) is 0 Å². The van der Waals surface area contributed by atoms with E-state index in [2.05, 4.69) is 20.5 Å². The molecule has 7 heteroatoms. The molecule has 0 radical (unpaired) electrons. The Morgan fingerprint density at radius 2 is 2.39 bits per heavy atom. The Kier molecular flexibility index (Phi) is 4.57. The van der Waals surface area contributed by atoms with E-state index in [-0.39, 0.29) is 17.9 Å². The van der Waals surface area contributed by atoms with Gasteiger partial charge in [0.15, 0.2) is 0 Å². The van der Waals surface area contributed by atoms with Crippen molar-refractivity contribution in [3.05, 3.63) is 35.8 Å². The molecule has 1 aliphatic rings. The molecule has 2 aromatic rings. The number of aromatic nitrogens is 3. The minimum atomic E-state index is -0.310. The van der Waals surface area contributed by atoms with Gasteiger partial charge in [0.1, 0.15) is 11.8 Å². The number of nitrogens with zero attached hydrogens (tertiary/aromatic N) is 2. The highest BCUT2D eigenvalue weighted by Gasteiger charge is 2.34. The highest BCUT2D eigenvalue weighted by atomic mass is 16.5. The van der Waals surface area contributed by atoms with Gasteiger partial charge >= 0.3 is 0 Å². The Hall–Kier alpha value is -2.41. The molecule has 122 valence electrons. The number of hydrogen-bond donors (Lipinski definition) is 2. The summed E-state index contributed by atoms with van der Waals surface area (Å²) >= 11 is 0.